The van der Waals surface area contributed by atoms with Crippen LogP contribution in [-0.2, 0) is 14.4 Å². The molecule has 27 heavy (non-hydrogen) atoms. The molecule has 6 nitrogen and oxygen atoms in total. The maximum absolute atomic E-state index is 12.5. The predicted molar refractivity (Wildman–Crippen MR) is 101 cm³/mol. The fraction of sp³-hybridized carbons (Fsp3) is 0.571. The summed E-state index contributed by atoms with van der Waals surface area (Å²) in [6.45, 7) is 0.501. The van der Waals surface area contributed by atoms with Crippen LogP contribution < -0.4 is 5.32 Å². The molecule has 6 heteroatoms. The number of carbonyl (C=O) groups is 3. The van der Waals surface area contributed by atoms with Gasteiger partial charge in [-0.15, -0.1) is 0 Å². The van der Waals surface area contributed by atoms with Crippen molar-refractivity contribution in [1.29, 1.82) is 0 Å². The summed E-state index contributed by atoms with van der Waals surface area (Å²) in [6.07, 6.45) is 6.28. The fourth-order valence-corrected chi connectivity index (χ4v) is 4.30. The zero-order valence-electron chi connectivity index (χ0n) is 15.6. The van der Waals surface area contributed by atoms with E-state index in [0.717, 1.165) is 12.0 Å². The molecule has 0 radical (unpaired) electrons. The highest BCUT2D eigenvalue weighted by molar-refractivity contribution is 5.85. The first-order valence-electron chi connectivity index (χ1n) is 9.87. The van der Waals surface area contributed by atoms with Gasteiger partial charge in [-0.05, 0) is 17.9 Å². The van der Waals surface area contributed by atoms with Crippen LogP contribution in [0.2, 0.25) is 0 Å². The van der Waals surface area contributed by atoms with E-state index < -0.39 is 11.9 Å². The standard InChI is InChI=1S/C21H28N2O4/c24-19(11-10-15-6-4-5-7-15)22-12-20(25)23-13-17(18(14-23)21(26)27)16-8-2-1-3-9-16/h1-3,8-9,15,17-18H,4-7,10-14H2,(H,22,24)(H,26,27)/t17-,18-/m1/s1. The van der Waals surface area contributed by atoms with E-state index in [2.05, 4.69) is 5.32 Å². The number of nitrogens with zero attached hydrogens (tertiary/aromatic N) is 1. The van der Waals surface area contributed by atoms with Crippen LogP contribution in [0.25, 0.3) is 0 Å². The average Bonchev–Trinajstić information content (AvgIpc) is 3.35. The normalized spacial score (nSPS) is 22.7. The molecule has 1 heterocycles. The number of benzene rings is 1. The van der Waals surface area contributed by atoms with Gasteiger partial charge in [0.2, 0.25) is 11.8 Å². The minimum absolute atomic E-state index is 0.0582. The van der Waals surface area contributed by atoms with Crippen molar-refractivity contribution in [2.75, 3.05) is 19.6 Å². The van der Waals surface area contributed by atoms with Gasteiger partial charge in [0.1, 0.15) is 0 Å². The highest BCUT2D eigenvalue weighted by atomic mass is 16.4. The molecule has 1 aliphatic carbocycles. The van der Waals surface area contributed by atoms with Crippen LogP contribution >= 0.6 is 0 Å². The summed E-state index contributed by atoms with van der Waals surface area (Å²) in [5.74, 6) is -1.38. The SMILES string of the molecule is O=C(CCC1CCCC1)NCC(=O)N1C[C@H](c2ccccc2)[C@H](C(=O)O)C1. The zero-order valence-corrected chi connectivity index (χ0v) is 15.6. The molecule has 1 saturated carbocycles. The third-order valence-corrected chi connectivity index (χ3v) is 5.91. The quantitative estimate of drug-likeness (QED) is 0.769. The molecule has 146 valence electrons. The highest BCUT2D eigenvalue weighted by Gasteiger charge is 2.40. The van der Waals surface area contributed by atoms with Crippen molar-refractivity contribution in [2.24, 2.45) is 11.8 Å². The van der Waals surface area contributed by atoms with Gasteiger partial charge in [-0.25, -0.2) is 0 Å². The fourth-order valence-electron chi connectivity index (χ4n) is 4.30. The highest BCUT2D eigenvalue weighted by Crippen LogP contribution is 2.33. The minimum Gasteiger partial charge on any atom is -0.481 e. The van der Waals surface area contributed by atoms with E-state index in [1.807, 2.05) is 30.3 Å². The first-order chi connectivity index (χ1) is 13.0. The topological polar surface area (TPSA) is 86.7 Å². The van der Waals surface area contributed by atoms with Crippen molar-refractivity contribution in [2.45, 2.75) is 44.4 Å². The molecule has 0 bridgehead atoms. The number of amides is 2. The Labute approximate surface area is 159 Å². The molecule has 1 saturated heterocycles. The van der Waals surface area contributed by atoms with Crippen molar-refractivity contribution in [1.82, 2.24) is 10.2 Å². The smallest absolute Gasteiger partial charge is 0.308 e. The van der Waals surface area contributed by atoms with Crippen molar-refractivity contribution in [3.8, 4) is 0 Å². The van der Waals surface area contributed by atoms with Gasteiger partial charge in [0.25, 0.3) is 0 Å². The van der Waals surface area contributed by atoms with Crippen LogP contribution in [0.3, 0.4) is 0 Å². The molecule has 0 unspecified atom stereocenters. The van der Waals surface area contributed by atoms with Crippen molar-refractivity contribution in [3.63, 3.8) is 0 Å². The number of hydrogen-bond acceptors (Lipinski definition) is 3. The molecule has 0 aromatic heterocycles. The molecular weight excluding hydrogens is 344 g/mol. The Bertz CT molecular complexity index is 670. The molecule has 2 N–H and O–H groups in total. The Hall–Kier alpha value is -2.37. The second-order valence-corrected chi connectivity index (χ2v) is 7.73. The Morgan fingerprint density at radius 1 is 1.07 bits per heavy atom. The first-order valence-corrected chi connectivity index (χ1v) is 9.87. The second-order valence-electron chi connectivity index (χ2n) is 7.73. The van der Waals surface area contributed by atoms with Gasteiger partial charge in [-0.3, -0.25) is 14.4 Å². The molecule has 2 fully saturated rings. The molecular formula is C21H28N2O4. The summed E-state index contributed by atoms with van der Waals surface area (Å²) in [6, 6.07) is 9.45. The van der Waals surface area contributed by atoms with Gasteiger partial charge < -0.3 is 15.3 Å². The predicted octanol–water partition coefficient (Wildman–Crippen LogP) is 2.40. The summed E-state index contributed by atoms with van der Waals surface area (Å²) in [4.78, 5) is 37.7. The largest absolute Gasteiger partial charge is 0.481 e. The van der Waals surface area contributed by atoms with Gasteiger partial charge in [0.15, 0.2) is 0 Å². The number of carbonyl (C=O) groups excluding carboxylic acids is 2. The summed E-state index contributed by atoms with van der Waals surface area (Å²) in [5.41, 5.74) is 0.931. The molecule has 1 aliphatic heterocycles. The Morgan fingerprint density at radius 3 is 2.44 bits per heavy atom. The number of aliphatic carboxylic acids is 1. The van der Waals surface area contributed by atoms with Crippen molar-refractivity contribution >= 4 is 17.8 Å². The number of likely N-dealkylation sites (tertiary alicyclic amines) is 1. The van der Waals surface area contributed by atoms with E-state index in [1.54, 1.807) is 4.90 Å². The van der Waals surface area contributed by atoms with E-state index in [-0.39, 0.29) is 30.8 Å². The minimum atomic E-state index is -0.889. The molecule has 2 atom stereocenters. The molecule has 1 aromatic carbocycles. The Morgan fingerprint density at radius 2 is 1.78 bits per heavy atom. The van der Waals surface area contributed by atoms with Gasteiger partial charge in [0.05, 0.1) is 12.5 Å². The van der Waals surface area contributed by atoms with Crippen LogP contribution in [0.5, 0.6) is 0 Å². The van der Waals surface area contributed by atoms with Crippen molar-refractivity contribution < 1.29 is 19.5 Å². The van der Waals surface area contributed by atoms with Crippen LogP contribution in [0.15, 0.2) is 30.3 Å². The van der Waals surface area contributed by atoms with Crippen molar-refractivity contribution in [3.05, 3.63) is 35.9 Å². The number of carboxylic acids is 1. The van der Waals surface area contributed by atoms with Gasteiger partial charge >= 0.3 is 5.97 Å². The zero-order chi connectivity index (χ0) is 19.2. The lowest BCUT2D eigenvalue weighted by Gasteiger charge is -2.17. The molecule has 2 amide bonds. The average molecular weight is 372 g/mol. The van der Waals surface area contributed by atoms with E-state index in [4.69, 9.17) is 0 Å². The maximum Gasteiger partial charge on any atom is 0.308 e. The number of hydrogen-bond donors (Lipinski definition) is 2. The number of carboxylic acid groups (broad SMARTS) is 1. The second kappa shape index (κ2) is 9.02. The Balaban J connectivity index is 1.49. The van der Waals surface area contributed by atoms with E-state index in [0.29, 0.717) is 18.9 Å². The lowest BCUT2D eigenvalue weighted by molar-refractivity contribution is -0.142. The third kappa shape index (κ3) is 5.08. The summed E-state index contributed by atoms with van der Waals surface area (Å²) in [5, 5.41) is 12.2. The number of nitrogens with one attached hydrogen (secondary N) is 1. The monoisotopic (exact) mass is 372 g/mol. The lowest BCUT2D eigenvalue weighted by atomic mass is 9.89. The van der Waals surface area contributed by atoms with Gasteiger partial charge in [-0.1, -0.05) is 56.0 Å². The first kappa shape index (κ1) is 19.4. The summed E-state index contributed by atoms with van der Waals surface area (Å²) < 4.78 is 0. The van der Waals surface area contributed by atoms with Gasteiger partial charge in [0, 0.05) is 25.4 Å². The molecule has 0 spiro atoms. The summed E-state index contributed by atoms with van der Waals surface area (Å²) >= 11 is 0. The molecule has 3 rings (SSSR count). The molecule has 1 aromatic rings. The van der Waals surface area contributed by atoms with Gasteiger partial charge in [-0.2, -0.15) is 0 Å². The van der Waals surface area contributed by atoms with Crippen LogP contribution in [0.1, 0.15) is 50.0 Å². The lowest BCUT2D eigenvalue weighted by Crippen LogP contribution is -2.39. The number of rotatable bonds is 7. The van der Waals surface area contributed by atoms with E-state index >= 15 is 0 Å². The van der Waals surface area contributed by atoms with Crippen LogP contribution in [0.4, 0.5) is 0 Å². The Kier molecular flexibility index (Phi) is 6.48. The van der Waals surface area contributed by atoms with Crippen LogP contribution in [-0.4, -0.2) is 47.4 Å². The van der Waals surface area contributed by atoms with Crippen LogP contribution in [0, 0.1) is 11.8 Å². The van der Waals surface area contributed by atoms with E-state index in [9.17, 15) is 19.5 Å². The summed E-state index contributed by atoms with van der Waals surface area (Å²) in [7, 11) is 0. The van der Waals surface area contributed by atoms with E-state index in [1.165, 1.54) is 25.7 Å². The molecule has 2 aliphatic rings. The maximum atomic E-state index is 12.5. The third-order valence-electron chi connectivity index (χ3n) is 5.91.